The summed E-state index contributed by atoms with van der Waals surface area (Å²) in [4.78, 5) is 28.0. The molecule has 1 aliphatic carbocycles. The van der Waals surface area contributed by atoms with Gasteiger partial charge in [0.05, 0.1) is 17.4 Å². The van der Waals surface area contributed by atoms with E-state index in [1.54, 1.807) is 12.1 Å². The minimum absolute atomic E-state index is 0.0690. The van der Waals surface area contributed by atoms with Gasteiger partial charge in [0.15, 0.2) is 5.78 Å². The van der Waals surface area contributed by atoms with Crippen molar-refractivity contribution < 1.29 is 14.3 Å². The Morgan fingerprint density at radius 2 is 1.80 bits per heavy atom. The molecule has 4 rings (SSSR count). The zero-order valence-corrected chi connectivity index (χ0v) is 17.8. The molecule has 2 aromatic rings. The molecule has 1 N–H and O–H groups in total. The van der Waals surface area contributed by atoms with Crippen LogP contribution in [0.2, 0.25) is 0 Å². The first-order valence-electron chi connectivity index (χ1n) is 10.5. The highest BCUT2D eigenvalue weighted by atomic mass is 16.5. The van der Waals surface area contributed by atoms with Gasteiger partial charge in [0.25, 0.3) is 0 Å². The summed E-state index contributed by atoms with van der Waals surface area (Å²) >= 11 is 0. The summed E-state index contributed by atoms with van der Waals surface area (Å²) in [6.07, 6.45) is 2.05. The van der Waals surface area contributed by atoms with Gasteiger partial charge in [-0.2, -0.15) is 0 Å². The van der Waals surface area contributed by atoms with E-state index >= 15 is 0 Å². The van der Waals surface area contributed by atoms with Crippen LogP contribution < -0.4 is 15.0 Å². The van der Waals surface area contributed by atoms with Gasteiger partial charge in [0.1, 0.15) is 12.3 Å². The molecule has 30 heavy (non-hydrogen) atoms. The number of fused-ring (bicyclic) bond motifs is 1. The Labute approximate surface area is 177 Å². The number of hydrogen-bond donors (Lipinski definition) is 1. The van der Waals surface area contributed by atoms with Gasteiger partial charge < -0.3 is 15.0 Å². The predicted molar refractivity (Wildman–Crippen MR) is 119 cm³/mol. The summed E-state index contributed by atoms with van der Waals surface area (Å²) in [7, 11) is 0. The maximum atomic E-state index is 13.2. The van der Waals surface area contributed by atoms with E-state index in [4.69, 9.17) is 4.74 Å². The number of ether oxygens (including phenoxy) is 1. The number of esters is 1. The molecular formula is C25H28N2O3. The van der Waals surface area contributed by atoms with Gasteiger partial charge in [-0.05, 0) is 42.5 Å². The number of hydrogen-bond acceptors (Lipinski definition) is 5. The van der Waals surface area contributed by atoms with Crippen LogP contribution in [0.4, 0.5) is 11.4 Å². The molecule has 0 aromatic heterocycles. The quantitative estimate of drug-likeness (QED) is 0.577. The molecular weight excluding hydrogens is 376 g/mol. The smallest absolute Gasteiger partial charge is 0.330 e. The van der Waals surface area contributed by atoms with E-state index < -0.39 is 0 Å². The Kier molecular flexibility index (Phi) is 5.37. The number of carbonyl (C=O) groups is 2. The van der Waals surface area contributed by atoms with E-state index in [0.29, 0.717) is 12.2 Å². The molecule has 5 nitrogen and oxygen atoms in total. The van der Waals surface area contributed by atoms with Gasteiger partial charge in [0.2, 0.25) is 0 Å². The summed E-state index contributed by atoms with van der Waals surface area (Å²) in [5, 5.41) is 3.53. The van der Waals surface area contributed by atoms with Gasteiger partial charge in [-0.1, -0.05) is 51.1 Å². The van der Waals surface area contributed by atoms with Crippen LogP contribution in [0.25, 0.3) is 0 Å². The molecule has 2 aromatic carbocycles. The zero-order valence-electron chi connectivity index (χ0n) is 17.8. The molecule has 1 atom stereocenters. The Hall–Kier alpha value is -3.08. The lowest BCUT2D eigenvalue weighted by atomic mass is 9.74. The molecule has 5 heteroatoms. The monoisotopic (exact) mass is 404 g/mol. The van der Waals surface area contributed by atoms with Gasteiger partial charge in [0, 0.05) is 17.7 Å². The molecule has 1 aliphatic heterocycles. The highest BCUT2D eigenvalue weighted by Gasteiger charge is 2.40. The number of allylic oxidation sites excluding steroid dienone is 1. The number of nitrogens with one attached hydrogen (secondary N) is 1. The number of Topliss-reactive ketones (excluding diaryl/α,β-unsaturated/α-hetero) is 1. The fourth-order valence-electron chi connectivity index (χ4n) is 4.56. The molecule has 0 fully saturated rings. The van der Waals surface area contributed by atoms with Gasteiger partial charge in [-0.25, -0.2) is 4.79 Å². The van der Waals surface area contributed by atoms with Crippen LogP contribution in [0.5, 0.6) is 5.75 Å². The van der Waals surface area contributed by atoms with Gasteiger partial charge >= 0.3 is 5.97 Å². The minimum Gasteiger partial charge on any atom is -0.425 e. The maximum Gasteiger partial charge on any atom is 0.330 e. The van der Waals surface area contributed by atoms with Gasteiger partial charge in [-0.15, -0.1) is 0 Å². The van der Waals surface area contributed by atoms with Crippen molar-refractivity contribution in [2.75, 3.05) is 16.8 Å². The van der Waals surface area contributed by atoms with Crippen LogP contribution in [0.1, 0.15) is 40.0 Å². The number of rotatable bonds is 4. The standard InChI is InChI=1S/C25H28N2O3/c1-4-20-24-19(14-25(2,3)15-22(24)28)26-18-12-8-9-13-21(18)27(20)16-23(29)30-17-10-6-5-7-11-17/h5-13,20,26H,4,14-16H2,1-3H3/t20-/m1/s1. The van der Waals surface area contributed by atoms with Crippen molar-refractivity contribution in [1.82, 2.24) is 0 Å². The fourth-order valence-corrected chi connectivity index (χ4v) is 4.56. The van der Waals surface area contributed by atoms with E-state index in [-0.39, 0.29) is 29.8 Å². The molecule has 0 bridgehead atoms. The number of ketones is 1. The SMILES string of the molecule is CC[C@@H]1C2=C(CC(C)(C)CC2=O)Nc2ccccc2N1CC(=O)Oc1ccccc1. The second-order valence-electron chi connectivity index (χ2n) is 8.81. The Morgan fingerprint density at radius 1 is 1.10 bits per heavy atom. The molecule has 0 spiro atoms. The number of benzene rings is 2. The molecule has 1 heterocycles. The number of para-hydroxylation sites is 3. The van der Waals surface area contributed by atoms with E-state index in [1.807, 2.05) is 47.4 Å². The highest BCUT2D eigenvalue weighted by Crippen LogP contribution is 2.44. The Balaban J connectivity index is 1.72. The van der Waals surface area contributed by atoms with Crippen molar-refractivity contribution in [2.24, 2.45) is 5.41 Å². The number of carbonyl (C=O) groups excluding carboxylic acids is 2. The van der Waals surface area contributed by atoms with Crippen molar-refractivity contribution in [3.63, 3.8) is 0 Å². The maximum absolute atomic E-state index is 13.2. The lowest BCUT2D eigenvalue weighted by Gasteiger charge is -2.37. The summed E-state index contributed by atoms with van der Waals surface area (Å²) < 4.78 is 5.56. The van der Waals surface area contributed by atoms with Crippen LogP contribution in [0, 0.1) is 5.41 Å². The van der Waals surface area contributed by atoms with Crippen molar-refractivity contribution in [3.8, 4) is 5.75 Å². The molecule has 2 aliphatic rings. The largest absolute Gasteiger partial charge is 0.425 e. The summed E-state index contributed by atoms with van der Waals surface area (Å²) in [5.74, 6) is 0.337. The minimum atomic E-state index is -0.345. The van der Waals surface area contributed by atoms with Crippen LogP contribution >= 0.6 is 0 Å². The summed E-state index contributed by atoms with van der Waals surface area (Å²) in [5.41, 5.74) is 3.53. The average Bonchev–Trinajstić information content (AvgIpc) is 2.82. The molecule has 0 radical (unpaired) electrons. The van der Waals surface area contributed by atoms with Crippen molar-refractivity contribution >= 4 is 23.1 Å². The van der Waals surface area contributed by atoms with Crippen molar-refractivity contribution in [1.29, 1.82) is 0 Å². The third-order valence-corrected chi connectivity index (χ3v) is 5.79. The van der Waals surface area contributed by atoms with Crippen LogP contribution in [0.15, 0.2) is 65.9 Å². The average molecular weight is 405 g/mol. The normalized spacial score (nSPS) is 20.0. The lowest BCUT2D eigenvalue weighted by molar-refractivity contribution is -0.133. The van der Waals surface area contributed by atoms with Crippen molar-refractivity contribution in [3.05, 3.63) is 65.9 Å². The zero-order chi connectivity index (χ0) is 21.3. The highest BCUT2D eigenvalue weighted by molar-refractivity contribution is 6.01. The fraction of sp³-hybridized carbons (Fsp3) is 0.360. The van der Waals surface area contributed by atoms with E-state index in [0.717, 1.165) is 35.5 Å². The first kappa shape index (κ1) is 20.2. The third-order valence-electron chi connectivity index (χ3n) is 5.79. The lowest BCUT2D eigenvalue weighted by Crippen LogP contribution is -2.44. The Bertz CT molecular complexity index is 994. The van der Waals surface area contributed by atoms with Crippen LogP contribution in [-0.4, -0.2) is 24.3 Å². The number of anilines is 2. The summed E-state index contributed by atoms with van der Waals surface area (Å²) in [6.45, 7) is 6.39. The van der Waals surface area contributed by atoms with Gasteiger partial charge in [-0.3, -0.25) is 4.79 Å². The topological polar surface area (TPSA) is 58.6 Å². The molecule has 156 valence electrons. The van der Waals surface area contributed by atoms with E-state index in [9.17, 15) is 9.59 Å². The second kappa shape index (κ2) is 7.98. The summed E-state index contributed by atoms with van der Waals surface area (Å²) in [6, 6.07) is 16.8. The predicted octanol–water partition coefficient (Wildman–Crippen LogP) is 4.95. The first-order valence-corrected chi connectivity index (χ1v) is 10.5. The Morgan fingerprint density at radius 3 is 2.53 bits per heavy atom. The molecule has 0 saturated carbocycles. The van der Waals surface area contributed by atoms with E-state index in [2.05, 4.69) is 26.1 Å². The first-order chi connectivity index (χ1) is 14.4. The van der Waals surface area contributed by atoms with E-state index in [1.165, 1.54) is 0 Å². The second-order valence-corrected chi connectivity index (χ2v) is 8.81. The molecule has 0 unspecified atom stereocenters. The molecule has 0 amide bonds. The third kappa shape index (κ3) is 3.97. The number of nitrogens with zero attached hydrogens (tertiary/aromatic N) is 1. The molecule has 0 saturated heterocycles. The van der Waals surface area contributed by atoms with Crippen LogP contribution in [-0.2, 0) is 9.59 Å². The van der Waals surface area contributed by atoms with Crippen molar-refractivity contribution in [2.45, 2.75) is 46.1 Å². The van der Waals surface area contributed by atoms with Crippen LogP contribution in [0.3, 0.4) is 0 Å².